The van der Waals surface area contributed by atoms with E-state index in [1.165, 1.54) is 0 Å². The van der Waals surface area contributed by atoms with Crippen LogP contribution in [0.25, 0.3) is 0 Å². The maximum absolute atomic E-state index is 11.4. The molecule has 1 radical (unpaired) electrons. The number of carbonyl (C=O) groups is 1. The molecule has 61 valence electrons. The normalized spacial score (nSPS) is 9.42. The van der Waals surface area contributed by atoms with Crippen LogP contribution in [0.3, 0.4) is 0 Å². The zero-order valence-electron chi connectivity index (χ0n) is 7.29. The minimum Gasteiger partial charge on any atom is -0.295 e. The molecule has 0 N–H and O–H groups in total. The van der Waals surface area contributed by atoms with Crippen LogP contribution in [0.5, 0.6) is 0 Å². The van der Waals surface area contributed by atoms with Crippen molar-refractivity contribution in [2.45, 2.75) is 19.6 Å². The van der Waals surface area contributed by atoms with Crippen LogP contribution in [-0.4, -0.2) is 13.1 Å². The van der Waals surface area contributed by atoms with E-state index in [0.717, 1.165) is 11.9 Å². The number of hydrogen-bond acceptors (Lipinski definition) is 1. The average molecular weight is 159 g/mol. The Labute approximate surface area is 74.0 Å². The van der Waals surface area contributed by atoms with Crippen LogP contribution in [0, 0.1) is 0 Å². The van der Waals surface area contributed by atoms with Gasteiger partial charge in [0, 0.05) is 5.56 Å². The van der Waals surface area contributed by atoms with Gasteiger partial charge in [-0.3, -0.25) is 4.79 Å². The van der Waals surface area contributed by atoms with E-state index in [2.05, 4.69) is 0 Å². The number of Topliss-reactive ketones (excluding diaryl/α,β-unsaturated/α-hetero) is 1. The van der Waals surface area contributed by atoms with Gasteiger partial charge in [0.15, 0.2) is 5.78 Å². The number of benzene rings is 1. The van der Waals surface area contributed by atoms with Gasteiger partial charge in [-0.2, -0.15) is 0 Å². The van der Waals surface area contributed by atoms with Crippen molar-refractivity contribution < 1.29 is 4.79 Å². The summed E-state index contributed by atoms with van der Waals surface area (Å²) < 4.78 is 0. The Morgan fingerprint density at radius 1 is 1.33 bits per heavy atom. The Hall–Kier alpha value is -1.05. The zero-order valence-corrected chi connectivity index (χ0v) is 7.29. The van der Waals surface area contributed by atoms with Crippen molar-refractivity contribution in [3.05, 3.63) is 35.9 Å². The summed E-state index contributed by atoms with van der Waals surface area (Å²) in [5, 5.41) is 0. The number of carbonyl (C=O) groups excluding carboxylic acids is 1. The molecule has 0 aromatic heterocycles. The number of ketones is 1. The predicted octanol–water partition coefficient (Wildman–Crippen LogP) is 2.43. The van der Waals surface area contributed by atoms with Crippen LogP contribution < -0.4 is 0 Å². The first-order valence-corrected chi connectivity index (χ1v) is 4.24. The molecule has 1 rings (SSSR count). The Kier molecular flexibility index (Phi) is 3.59. The molecule has 1 aromatic carbocycles. The van der Waals surface area contributed by atoms with Gasteiger partial charge >= 0.3 is 0 Å². The number of hydrogen-bond donors (Lipinski definition) is 0. The maximum atomic E-state index is 11.4. The lowest BCUT2D eigenvalue weighted by molar-refractivity contribution is 0.101. The minimum atomic E-state index is 0.206. The van der Waals surface area contributed by atoms with Gasteiger partial charge in [-0.15, -0.1) is 0 Å². The highest BCUT2D eigenvalue weighted by molar-refractivity contribution is 6.42. The molecule has 0 saturated carbocycles. The molecule has 0 aliphatic heterocycles. The topological polar surface area (TPSA) is 17.1 Å². The van der Waals surface area contributed by atoms with Crippen molar-refractivity contribution >= 4 is 13.1 Å². The minimum absolute atomic E-state index is 0.206. The molecule has 0 bridgehead atoms. The van der Waals surface area contributed by atoms with Crippen molar-refractivity contribution in [2.24, 2.45) is 0 Å². The first-order valence-electron chi connectivity index (χ1n) is 4.24. The SMILES string of the molecule is CC[B]CC(=O)c1ccccc1. The lowest BCUT2D eigenvalue weighted by Gasteiger charge is -1.97. The molecule has 0 amide bonds. The summed E-state index contributed by atoms with van der Waals surface area (Å²) in [6.45, 7) is 2.04. The monoisotopic (exact) mass is 159 g/mol. The van der Waals surface area contributed by atoms with E-state index in [9.17, 15) is 4.79 Å². The van der Waals surface area contributed by atoms with Gasteiger partial charge in [0.25, 0.3) is 0 Å². The van der Waals surface area contributed by atoms with Crippen molar-refractivity contribution in [3.8, 4) is 0 Å². The second-order valence-electron chi connectivity index (χ2n) is 2.69. The first kappa shape index (κ1) is 9.05. The Morgan fingerprint density at radius 3 is 2.58 bits per heavy atom. The molecule has 2 heteroatoms. The quantitative estimate of drug-likeness (QED) is 0.487. The van der Waals surface area contributed by atoms with E-state index in [4.69, 9.17) is 0 Å². The first-order chi connectivity index (χ1) is 5.84. The predicted molar refractivity (Wildman–Crippen MR) is 51.8 cm³/mol. The fourth-order valence-corrected chi connectivity index (χ4v) is 1.02. The van der Waals surface area contributed by atoms with Crippen molar-refractivity contribution in [2.75, 3.05) is 0 Å². The Morgan fingerprint density at radius 2 is 2.00 bits per heavy atom. The van der Waals surface area contributed by atoms with Gasteiger partial charge < -0.3 is 0 Å². The van der Waals surface area contributed by atoms with Crippen molar-refractivity contribution in [1.82, 2.24) is 0 Å². The summed E-state index contributed by atoms with van der Waals surface area (Å²) in [6, 6.07) is 9.40. The van der Waals surface area contributed by atoms with Crippen LogP contribution in [0.15, 0.2) is 30.3 Å². The van der Waals surface area contributed by atoms with E-state index < -0.39 is 0 Å². The standard InChI is InChI=1S/C10H12BO/c1-2-11-8-10(12)9-6-4-3-5-7-9/h3-7H,2,8H2,1H3. The van der Waals surface area contributed by atoms with E-state index in [-0.39, 0.29) is 5.78 Å². The number of rotatable bonds is 4. The van der Waals surface area contributed by atoms with Crippen LogP contribution >= 0.6 is 0 Å². The second kappa shape index (κ2) is 4.76. The van der Waals surface area contributed by atoms with Gasteiger partial charge in [0.1, 0.15) is 7.28 Å². The van der Waals surface area contributed by atoms with E-state index in [0.29, 0.717) is 6.32 Å². The smallest absolute Gasteiger partial charge is 0.155 e. The lowest BCUT2D eigenvalue weighted by Crippen LogP contribution is -2.01. The molecule has 0 atom stereocenters. The highest BCUT2D eigenvalue weighted by atomic mass is 16.1. The van der Waals surface area contributed by atoms with Crippen LogP contribution in [0.2, 0.25) is 12.6 Å². The Balaban J connectivity index is 2.54. The van der Waals surface area contributed by atoms with Gasteiger partial charge in [-0.05, 0) is 6.32 Å². The molecule has 1 aromatic rings. The van der Waals surface area contributed by atoms with Gasteiger partial charge in [0.2, 0.25) is 0 Å². The van der Waals surface area contributed by atoms with E-state index >= 15 is 0 Å². The zero-order chi connectivity index (χ0) is 8.81. The molecule has 1 nitrogen and oxygen atoms in total. The van der Waals surface area contributed by atoms with Gasteiger partial charge in [-0.25, -0.2) is 0 Å². The lowest BCUT2D eigenvalue weighted by atomic mass is 9.69. The summed E-state index contributed by atoms with van der Waals surface area (Å²) in [5.74, 6) is 0.206. The molecule has 0 unspecified atom stereocenters. The summed E-state index contributed by atoms with van der Waals surface area (Å²) in [4.78, 5) is 11.4. The van der Waals surface area contributed by atoms with Crippen LogP contribution in [0.4, 0.5) is 0 Å². The van der Waals surface area contributed by atoms with Crippen LogP contribution in [-0.2, 0) is 0 Å². The fraction of sp³-hybridized carbons (Fsp3) is 0.300. The third-order valence-electron chi connectivity index (χ3n) is 1.71. The molecular formula is C10H12BO. The highest BCUT2D eigenvalue weighted by Gasteiger charge is 2.02. The molecule has 0 spiro atoms. The molecule has 0 fully saturated rings. The Bertz CT molecular complexity index is 243. The molecule has 0 heterocycles. The van der Waals surface area contributed by atoms with E-state index in [1.54, 1.807) is 0 Å². The molecule has 0 saturated heterocycles. The third kappa shape index (κ3) is 2.53. The molecule has 0 aliphatic rings. The summed E-state index contributed by atoms with van der Waals surface area (Å²) in [6.07, 6.45) is 1.51. The largest absolute Gasteiger partial charge is 0.295 e. The average Bonchev–Trinajstić information content (AvgIpc) is 2.15. The van der Waals surface area contributed by atoms with Gasteiger partial charge in [-0.1, -0.05) is 43.6 Å². The molecular weight excluding hydrogens is 147 g/mol. The van der Waals surface area contributed by atoms with Crippen molar-refractivity contribution in [1.29, 1.82) is 0 Å². The van der Waals surface area contributed by atoms with E-state index in [1.807, 2.05) is 44.5 Å². The molecule has 0 aliphatic carbocycles. The fourth-order valence-electron chi connectivity index (χ4n) is 1.02. The molecule has 12 heavy (non-hydrogen) atoms. The highest BCUT2D eigenvalue weighted by Crippen LogP contribution is 2.03. The third-order valence-corrected chi connectivity index (χ3v) is 1.71. The second-order valence-corrected chi connectivity index (χ2v) is 2.69. The summed E-state index contributed by atoms with van der Waals surface area (Å²) >= 11 is 0. The summed E-state index contributed by atoms with van der Waals surface area (Å²) in [7, 11) is 2.00. The van der Waals surface area contributed by atoms with Crippen molar-refractivity contribution in [3.63, 3.8) is 0 Å². The summed E-state index contributed by atoms with van der Waals surface area (Å²) in [5.41, 5.74) is 0.808. The van der Waals surface area contributed by atoms with Gasteiger partial charge in [0.05, 0.1) is 0 Å². The van der Waals surface area contributed by atoms with Crippen LogP contribution in [0.1, 0.15) is 17.3 Å². The maximum Gasteiger partial charge on any atom is 0.155 e.